The monoisotopic (exact) mass is 849 g/mol. The Hall–Kier alpha value is -1.03. The fourth-order valence-electron chi connectivity index (χ4n) is 7.27. The van der Waals surface area contributed by atoms with E-state index >= 15 is 0 Å². The Bertz CT molecular complexity index is 935. The average Bonchev–Trinajstić information content (AvgIpc) is 3.21. The summed E-state index contributed by atoms with van der Waals surface area (Å²) in [5.41, 5.74) is 0. The number of rotatable bonds is 47. The topological polar surface area (TPSA) is 149 Å². The lowest BCUT2D eigenvalue weighted by Crippen LogP contribution is -2.29. The standard InChI is InChI=1S/C47H93O10P/c1-3-5-6-7-8-9-10-11-12-13-14-15-16-17-18-19-20-21-22-23-24-25-26-27-28-29-30-31-32-33-34-35-36-37-39-46(50)54-42-45(57-47(51)38-4-2)43-56-58(52,53)55-41-44(49)40-48/h44-45,48-49H,3-43H2,1-2H3,(H,52,53)/t44-,45+/m0/s1. The molecule has 0 rings (SSSR count). The third kappa shape index (κ3) is 43.1. The van der Waals surface area contributed by atoms with Gasteiger partial charge in [-0.1, -0.05) is 226 Å². The molecule has 1 unspecified atom stereocenters. The van der Waals surface area contributed by atoms with Crippen molar-refractivity contribution < 1.29 is 47.8 Å². The highest BCUT2D eigenvalue weighted by Crippen LogP contribution is 2.43. The predicted octanol–water partition coefficient (Wildman–Crippen LogP) is 13.4. The number of phosphoric acid groups is 1. The molecule has 3 atom stereocenters. The van der Waals surface area contributed by atoms with Gasteiger partial charge in [-0.25, -0.2) is 4.57 Å². The van der Waals surface area contributed by atoms with Gasteiger partial charge in [-0.05, 0) is 12.8 Å². The van der Waals surface area contributed by atoms with E-state index in [4.69, 9.17) is 19.1 Å². The summed E-state index contributed by atoms with van der Waals surface area (Å²) in [6.07, 6.45) is 44.8. The molecule has 0 aliphatic carbocycles. The number of ether oxygens (including phenoxy) is 2. The van der Waals surface area contributed by atoms with Crippen molar-refractivity contribution in [2.75, 3.05) is 26.4 Å². The Labute approximate surface area is 356 Å². The molecule has 3 N–H and O–H groups in total. The second-order valence-electron chi connectivity index (χ2n) is 16.9. The van der Waals surface area contributed by atoms with Gasteiger partial charge >= 0.3 is 19.8 Å². The van der Waals surface area contributed by atoms with Crippen molar-refractivity contribution in [1.82, 2.24) is 0 Å². The Morgan fingerprint density at radius 3 is 1.10 bits per heavy atom. The summed E-state index contributed by atoms with van der Waals surface area (Å²) in [5.74, 6) is -0.972. The van der Waals surface area contributed by atoms with Crippen LogP contribution in [-0.4, -0.2) is 65.7 Å². The fraction of sp³-hybridized carbons (Fsp3) is 0.957. The van der Waals surface area contributed by atoms with Crippen LogP contribution in [0.4, 0.5) is 0 Å². The van der Waals surface area contributed by atoms with E-state index in [-0.39, 0.29) is 19.4 Å². The quantitative estimate of drug-likeness (QED) is 0.0307. The smallest absolute Gasteiger partial charge is 0.462 e. The van der Waals surface area contributed by atoms with Crippen LogP contribution in [0, 0.1) is 0 Å². The van der Waals surface area contributed by atoms with Crippen LogP contribution in [0.3, 0.4) is 0 Å². The molecular formula is C47H93O10P. The molecule has 0 aliphatic heterocycles. The SMILES string of the molecule is CCCCCCCCCCCCCCCCCCCCCCCCCCCCCCCCCCCCC(=O)OC[C@H](COP(=O)(O)OC[C@@H](O)CO)OC(=O)CCC. The normalized spacial score (nSPS) is 13.7. The molecule has 10 nitrogen and oxygen atoms in total. The first-order chi connectivity index (χ1) is 28.2. The highest BCUT2D eigenvalue weighted by molar-refractivity contribution is 7.47. The van der Waals surface area contributed by atoms with Crippen molar-refractivity contribution in [2.24, 2.45) is 0 Å². The summed E-state index contributed by atoms with van der Waals surface area (Å²) in [6, 6.07) is 0. The number of phosphoric ester groups is 1. The first kappa shape index (κ1) is 57.0. The maximum absolute atomic E-state index is 12.3. The second-order valence-corrected chi connectivity index (χ2v) is 18.3. The van der Waals surface area contributed by atoms with Crippen LogP contribution >= 0.6 is 7.82 Å². The lowest BCUT2D eigenvalue weighted by molar-refractivity contribution is -0.161. The van der Waals surface area contributed by atoms with E-state index in [1.165, 1.54) is 199 Å². The molecule has 0 heterocycles. The Morgan fingerprint density at radius 2 is 0.776 bits per heavy atom. The number of carbonyl (C=O) groups is 2. The highest BCUT2D eigenvalue weighted by atomic mass is 31.2. The van der Waals surface area contributed by atoms with Crippen LogP contribution < -0.4 is 0 Å². The summed E-state index contributed by atoms with van der Waals surface area (Å²) in [7, 11) is -4.58. The minimum atomic E-state index is -4.58. The Balaban J connectivity index is 3.52. The fourth-order valence-corrected chi connectivity index (χ4v) is 8.06. The zero-order valence-electron chi connectivity index (χ0n) is 37.8. The molecule has 0 aromatic heterocycles. The molecule has 58 heavy (non-hydrogen) atoms. The summed E-state index contributed by atoms with van der Waals surface area (Å²) in [5, 5.41) is 18.1. The lowest BCUT2D eigenvalue weighted by Gasteiger charge is -2.20. The number of unbranched alkanes of at least 4 members (excludes halogenated alkanes) is 33. The van der Waals surface area contributed by atoms with Crippen LogP contribution in [0.15, 0.2) is 0 Å². The molecule has 0 bridgehead atoms. The van der Waals surface area contributed by atoms with E-state index in [1.54, 1.807) is 6.92 Å². The molecule has 11 heteroatoms. The predicted molar refractivity (Wildman–Crippen MR) is 238 cm³/mol. The summed E-state index contributed by atoms with van der Waals surface area (Å²) in [4.78, 5) is 34.0. The zero-order valence-corrected chi connectivity index (χ0v) is 38.7. The first-order valence-corrected chi connectivity index (χ1v) is 26.0. The van der Waals surface area contributed by atoms with Gasteiger partial charge < -0.3 is 24.6 Å². The number of aliphatic hydroxyl groups excluding tert-OH is 2. The van der Waals surface area contributed by atoms with Gasteiger partial charge in [0.25, 0.3) is 0 Å². The van der Waals surface area contributed by atoms with E-state index in [0.29, 0.717) is 12.8 Å². The maximum Gasteiger partial charge on any atom is 0.472 e. The number of esters is 2. The molecule has 0 amide bonds. The van der Waals surface area contributed by atoms with E-state index in [9.17, 15) is 24.2 Å². The van der Waals surface area contributed by atoms with E-state index in [0.717, 1.165) is 12.8 Å². The van der Waals surface area contributed by atoms with Crippen molar-refractivity contribution in [3.05, 3.63) is 0 Å². The van der Waals surface area contributed by atoms with Crippen LogP contribution in [0.2, 0.25) is 0 Å². The lowest BCUT2D eigenvalue weighted by atomic mass is 10.0. The molecule has 0 spiro atoms. The summed E-state index contributed by atoms with van der Waals surface area (Å²) >= 11 is 0. The van der Waals surface area contributed by atoms with Gasteiger partial charge in [-0.2, -0.15) is 0 Å². The van der Waals surface area contributed by atoms with Gasteiger partial charge in [-0.3, -0.25) is 18.6 Å². The minimum Gasteiger partial charge on any atom is -0.462 e. The van der Waals surface area contributed by atoms with Crippen molar-refractivity contribution >= 4 is 19.8 Å². The Morgan fingerprint density at radius 1 is 0.448 bits per heavy atom. The maximum atomic E-state index is 12.3. The van der Waals surface area contributed by atoms with Gasteiger partial charge in [0.15, 0.2) is 6.10 Å². The molecule has 0 fully saturated rings. The average molecular weight is 849 g/mol. The van der Waals surface area contributed by atoms with E-state index in [2.05, 4.69) is 11.4 Å². The van der Waals surface area contributed by atoms with Gasteiger partial charge in [0, 0.05) is 12.8 Å². The molecule has 0 saturated heterocycles. The molecule has 0 aromatic rings. The minimum absolute atomic E-state index is 0.139. The van der Waals surface area contributed by atoms with Gasteiger partial charge in [0.05, 0.1) is 19.8 Å². The number of carbonyl (C=O) groups excluding carboxylic acids is 2. The van der Waals surface area contributed by atoms with Gasteiger partial charge in [0.2, 0.25) is 0 Å². The van der Waals surface area contributed by atoms with Crippen LogP contribution in [0.1, 0.15) is 251 Å². The largest absolute Gasteiger partial charge is 0.472 e. The molecule has 0 aromatic carbocycles. The zero-order chi connectivity index (χ0) is 42.6. The van der Waals surface area contributed by atoms with Gasteiger partial charge in [-0.15, -0.1) is 0 Å². The van der Waals surface area contributed by atoms with Gasteiger partial charge in [0.1, 0.15) is 12.7 Å². The van der Waals surface area contributed by atoms with E-state index < -0.39 is 51.8 Å². The third-order valence-electron chi connectivity index (χ3n) is 11.0. The number of aliphatic hydroxyl groups is 2. The second kappa shape index (κ2) is 44.0. The molecule has 0 radical (unpaired) electrons. The number of hydrogen-bond acceptors (Lipinski definition) is 9. The summed E-state index contributed by atoms with van der Waals surface area (Å²) < 4.78 is 32.0. The van der Waals surface area contributed by atoms with Crippen molar-refractivity contribution in [3.8, 4) is 0 Å². The molecule has 0 saturated carbocycles. The Kier molecular flexibility index (Phi) is 43.3. The van der Waals surface area contributed by atoms with Crippen LogP contribution in [-0.2, 0) is 32.7 Å². The third-order valence-corrected chi connectivity index (χ3v) is 11.9. The van der Waals surface area contributed by atoms with Crippen molar-refractivity contribution in [1.29, 1.82) is 0 Å². The van der Waals surface area contributed by atoms with Crippen molar-refractivity contribution in [2.45, 2.75) is 264 Å². The first-order valence-electron chi connectivity index (χ1n) is 24.5. The van der Waals surface area contributed by atoms with Crippen LogP contribution in [0.25, 0.3) is 0 Å². The highest BCUT2D eigenvalue weighted by Gasteiger charge is 2.27. The van der Waals surface area contributed by atoms with Crippen molar-refractivity contribution in [3.63, 3.8) is 0 Å². The number of hydrogen-bond donors (Lipinski definition) is 3. The molecule has 0 aliphatic rings. The van der Waals surface area contributed by atoms with E-state index in [1.807, 2.05) is 0 Å². The van der Waals surface area contributed by atoms with Crippen LogP contribution in [0.5, 0.6) is 0 Å². The molecular weight excluding hydrogens is 755 g/mol. The summed E-state index contributed by atoms with van der Waals surface area (Å²) in [6.45, 7) is 1.99. The molecule has 346 valence electrons.